The lowest BCUT2D eigenvalue weighted by Gasteiger charge is -2.11. The van der Waals surface area contributed by atoms with Crippen molar-refractivity contribution in [3.05, 3.63) is 60.3 Å². The van der Waals surface area contributed by atoms with Crippen LogP contribution in [0.5, 0.6) is 11.5 Å². The Balaban J connectivity index is 1.45. The highest BCUT2D eigenvalue weighted by Gasteiger charge is 2.05. The first-order valence-electron chi connectivity index (χ1n) is 10.3. The van der Waals surface area contributed by atoms with Gasteiger partial charge in [0, 0.05) is 36.2 Å². The molecule has 32 heavy (non-hydrogen) atoms. The topological polar surface area (TPSA) is 109 Å². The highest BCUT2D eigenvalue weighted by atomic mass is 16.5. The first kappa shape index (κ1) is 22.7. The van der Waals surface area contributed by atoms with E-state index in [1.54, 1.807) is 19.2 Å². The Morgan fingerprint density at radius 3 is 2.31 bits per heavy atom. The van der Waals surface area contributed by atoms with E-state index in [2.05, 4.69) is 31.2 Å². The van der Waals surface area contributed by atoms with Gasteiger partial charge in [-0.15, -0.1) is 0 Å². The molecule has 0 saturated heterocycles. The second-order valence-electron chi connectivity index (χ2n) is 6.84. The zero-order valence-corrected chi connectivity index (χ0v) is 18.4. The Morgan fingerprint density at radius 2 is 1.62 bits per heavy atom. The number of benzene rings is 2. The number of nitrogens with zero attached hydrogens (tertiary/aromatic N) is 2. The molecule has 0 fully saturated rings. The summed E-state index contributed by atoms with van der Waals surface area (Å²) in [6.45, 7) is 5.30. The smallest absolute Gasteiger partial charge is 0.319 e. The molecule has 0 aliphatic rings. The van der Waals surface area contributed by atoms with E-state index >= 15 is 0 Å². The summed E-state index contributed by atoms with van der Waals surface area (Å²) >= 11 is 0. The molecule has 3 rings (SSSR count). The van der Waals surface area contributed by atoms with Gasteiger partial charge in [-0.25, -0.2) is 9.78 Å². The summed E-state index contributed by atoms with van der Waals surface area (Å²) in [7, 11) is 1.63. The van der Waals surface area contributed by atoms with E-state index < -0.39 is 0 Å². The molecule has 2 amide bonds. The SMILES string of the molecule is CCOc1ccc(NC(=O)NCCNc2nc(C)cc(Nc3ccc(OC)cc3)n2)cc1. The van der Waals surface area contributed by atoms with Crippen molar-refractivity contribution in [3.8, 4) is 11.5 Å². The van der Waals surface area contributed by atoms with E-state index in [1.165, 1.54) is 0 Å². The average molecular weight is 437 g/mol. The molecule has 168 valence electrons. The molecule has 3 aromatic rings. The van der Waals surface area contributed by atoms with Gasteiger partial charge in [0.1, 0.15) is 17.3 Å². The zero-order chi connectivity index (χ0) is 22.8. The molecule has 0 unspecified atom stereocenters. The predicted molar refractivity (Wildman–Crippen MR) is 126 cm³/mol. The average Bonchev–Trinajstić information content (AvgIpc) is 2.78. The molecule has 0 atom stereocenters. The number of hydrogen-bond acceptors (Lipinski definition) is 7. The van der Waals surface area contributed by atoms with Gasteiger partial charge in [0.2, 0.25) is 5.95 Å². The normalized spacial score (nSPS) is 10.2. The number of nitrogens with one attached hydrogen (secondary N) is 4. The minimum Gasteiger partial charge on any atom is -0.497 e. The Labute approximate surface area is 187 Å². The van der Waals surface area contributed by atoms with Crippen LogP contribution in [0.3, 0.4) is 0 Å². The van der Waals surface area contributed by atoms with Crippen molar-refractivity contribution < 1.29 is 14.3 Å². The molecule has 0 bridgehead atoms. The zero-order valence-electron chi connectivity index (χ0n) is 18.4. The second-order valence-corrected chi connectivity index (χ2v) is 6.84. The third-order valence-electron chi connectivity index (χ3n) is 4.33. The molecule has 0 aliphatic heterocycles. The summed E-state index contributed by atoms with van der Waals surface area (Å²) < 4.78 is 10.6. The predicted octanol–water partition coefficient (Wildman–Crippen LogP) is 4.17. The molecule has 0 saturated carbocycles. The molecule has 1 heterocycles. The minimum absolute atomic E-state index is 0.289. The molecule has 9 nitrogen and oxygen atoms in total. The van der Waals surface area contributed by atoms with Crippen molar-refractivity contribution in [2.75, 3.05) is 42.8 Å². The summed E-state index contributed by atoms with van der Waals surface area (Å²) in [6, 6.07) is 16.4. The van der Waals surface area contributed by atoms with Gasteiger partial charge in [0.25, 0.3) is 0 Å². The molecule has 0 aliphatic carbocycles. The minimum atomic E-state index is -0.289. The van der Waals surface area contributed by atoms with Crippen LogP contribution in [-0.4, -0.2) is 42.8 Å². The fraction of sp³-hybridized carbons (Fsp3) is 0.261. The molecule has 4 N–H and O–H groups in total. The van der Waals surface area contributed by atoms with E-state index in [4.69, 9.17) is 9.47 Å². The van der Waals surface area contributed by atoms with Crippen LogP contribution in [0.1, 0.15) is 12.6 Å². The van der Waals surface area contributed by atoms with Crippen LogP contribution in [0.4, 0.5) is 27.9 Å². The quantitative estimate of drug-likeness (QED) is 0.353. The highest BCUT2D eigenvalue weighted by molar-refractivity contribution is 5.89. The summed E-state index contributed by atoms with van der Waals surface area (Å²) in [6.07, 6.45) is 0. The highest BCUT2D eigenvalue weighted by Crippen LogP contribution is 2.20. The molecular formula is C23H28N6O3. The van der Waals surface area contributed by atoms with Crippen LogP contribution in [0.15, 0.2) is 54.6 Å². The second kappa shape index (κ2) is 11.4. The number of rotatable bonds is 10. The number of aromatic nitrogens is 2. The molecule has 0 spiro atoms. The van der Waals surface area contributed by atoms with Crippen molar-refractivity contribution in [2.24, 2.45) is 0 Å². The lowest BCUT2D eigenvalue weighted by Crippen LogP contribution is -2.32. The van der Waals surface area contributed by atoms with E-state index in [-0.39, 0.29) is 6.03 Å². The third-order valence-corrected chi connectivity index (χ3v) is 4.33. The molecule has 9 heteroatoms. The third kappa shape index (κ3) is 7.05. The first-order valence-corrected chi connectivity index (χ1v) is 10.3. The Morgan fingerprint density at radius 1 is 0.938 bits per heavy atom. The van der Waals surface area contributed by atoms with Crippen molar-refractivity contribution in [2.45, 2.75) is 13.8 Å². The van der Waals surface area contributed by atoms with Gasteiger partial charge in [-0.1, -0.05) is 0 Å². The van der Waals surface area contributed by atoms with Gasteiger partial charge < -0.3 is 30.7 Å². The summed E-state index contributed by atoms with van der Waals surface area (Å²) in [5.74, 6) is 2.71. The fourth-order valence-electron chi connectivity index (χ4n) is 2.86. The number of urea groups is 1. The van der Waals surface area contributed by atoms with Gasteiger partial charge in [0.05, 0.1) is 13.7 Å². The molecule has 0 radical (unpaired) electrons. The number of anilines is 4. The lowest BCUT2D eigenvalue weighted by molar-refractivity contribution is 0.252. The maximum atomic E-state index is 12.1. The van der Waals surface area contributed by atoms with E-state index in [9.17, 15) is 4.79 Å². The lowest BCUT2D eigenvalue weighted by atomic mass is 10.3. The number of aryl methyl sites for hydroxylation is 1. The molecular weight excluding hydrogens is 408 g/mol. The van der Waals surface area contributed by atoms with Gasteiger partial charge in [-0.3, -0.25) is 0 Å². The Kier molecular flexibility index (Phi) is 8.08. The Hall–Kier alpha value is -4.01. The van der Waals surface area contributed by atoms with Crippen LogP contribution in [-0.2, 0) is 0 Å². The van der Waals surface area contributed by atoms with Crippen LogP contribution in [0.25, 0.3) is 0 Å². The number of methoxy groups -OCH3 is 1. The van der Waals surface area contributed by atoms with Gasteiger partial charge in [0.15, 0.2) is 0 Å². The summed E-state index contributed by atoms with van der Waals surface area (Å²) in [5.41, 5.74) is 2.40. The van der Waals surface area contributed by atoms with Crippen LogP contribution in [0, 0.1) is 6.92 Å². The van der Waals surface area contributed by atoms with Crippen molar-refractivity contribution in [3.63, 3.8) is 0 Å². The van der Waals surface area contributed by atoms with Gasteiger partial charge in [-0.2, -0.15) is 4.98 Å². The summed E-state index contributed by atoms with van der Waals surface area (Å²) in [5, 5.41) is 12.0. The van der Waals surface area contributed by atoms with Crippen molar-refractivity contribution in [1.82, 2.24) is 15.3 Å². The number of amides is 2. The number of carbonyl (C=O) groups is 1. The maximum Gasteiger partial charge on any atom is 0.319 e. The van der Waals surface area contributed by atoms with Crippen LogP contribution >= 0.6 is 0 Å². The van der Waals surface area contributed by atoms with E-state index in [0.29, 0.717) is 37.1 Å². The van der Waals surface area contributed by atoms with Crippen molar-refractivity contribution in [1.29, 1.82) is 0 Å². The van der Waals surface area contributed by atoms with Crippen molar-refractivity contribution >= 4 is 29.2 Å². The van der Waals surface area contributed by atoms with Crippen LogP contribution in [0.2, 0.25) is 0 Å². The molecule has 2 aromatic carbocycles. The largest absolute Gasteiger partial charge is 0.497 e. The Bertz CT molecular complexity index is 1010. The van der Waals surface area contributed by atoms with E-state index in [1.807, 2.05) is 56.3 Å². The number of ether oxygens (including phenoxy) is 2. The van der Waals surface area contributed by atoms with Crippen LogP contribution < -0.4 is 30.7 Å². The maximum absolute atomic E-state index is 12.1. The first-order chi connectivity index (χ1) is 15.6. The van der Waals surface area contributed by atoms with E-state index in [0.717, 1.165) is 22.9 Å². The van der Waals surface area contributed by atoms with Gasteiger partial charge >= 0.3 is 6.03 Å². The fourth-order valence-corrected chi connectivity index (χ4v) is 2.86. The number of hydrogen-bond donors (Lipinski definition) is 4. The molecule has 1 aromatic heterocycles. The number of carbonyl (C=O) groups excluding carboxylic acids is 1. The summed E-state index contributed by atoms with van der Waals surface area (Å²) in [4.78, 5) is 20.9. The van der Waals surface area contributed by atoms with Gasteiger partial charge in [-0.05, 0) is 62.4 Å². The standard InChI is InChI=1S/C23H28N6O3/c1-4-32-20-11-7-18(8-12-20)28-23(30)25-14-13-24-22-26-16(2)15-21(29-22)27-17-5-9-19(31-3)10-6-17/h5-12,15H,4,13-14H2,1-3H3,(H2,25,28,30)(H2,24,26,27,29). The monoisotopic (exact) mass is 436 g/mol.